The van der Waals surface area contributed by atoms with Gasteiger partial charge in [0.25, 0.3) is 17.7 Å². The van der Waals surface area contributed by atoms with E-state index >= 15 is 0 Å². The quantitative estimate of drug-likeness (QED) is 0.251. The highest BCUT2D eigenvalue weighted by molar-refractivity contribution is 6.21. The van der Waals surface area contributed by atoms with Crippen LogP contribution in [-0.4, -0.2) is 71.2 Å². The van der Waals surface area contributed by atoms with Crippen molar-refractivity contribution in [2.24, 2.45) is 0 Å². The molecule has 1 fully saturated rings. The van der Waals surface area contributed by atoms with E-state index in [1.165, 1.54) is 4.90 Å². The van der Waals surface area contributed by atoms with Gasteiger partial charge in [-0.25, -0.2) is 0 Å². The molecule has 1 saturated heterocycles. The summed E-state index contributed by atoms with van der Waals surface area (Å²) >= 11 is 0. The fraction of sp³-hybridized carbons (Fsp3) is 0.344. The SMILES string of the molecule is Cc1ccc(C[C@@H]2CN(CCN3C(=O)c4ccccc4C3=O)CCN2C(=O)c2cc(C(F)(F)F)cc(C(F)(F)F)c2)cc1C. The van der Waals surface area contributed by atoms with Crippen molar-refractivity contribution < 1.29 is 40.7 Å². The monoisotopic (exact) mass is 617 g/mol. The van der Waals surface area contributed by atoms with E-state index in [9.17, 15) is 40.7 Å². The lowest BCUT2D eigenvalue weighted by atomic mass is 9.97. The molecule has 3 aromatic rings. The maximum Gasteiger partial charge on any atom is 0.416 e. The number of piperazine rings is 1. The molecule has 44 heavy (non-hydrogen) atoms. The Balaban J connectivity index is 1.40. The Morgan fingerprint density at radius 3 is 1.91 bits per heavy atom. The number of nitrogens with zero attached hydrogens (tertiary/aromatic N) is 3. The summed E-state index contributed by atoms with van der Waals surface area (Å²) in [5.74, 6) is -1.75. The highest BCUT2D eigenvalue weighted by Crippen LogP contribution is 2.37. The van der Waals surface area contributed by atoms with Gasteiger partial charge in [-0.1, -0.05) is 30.3 Å². The molecule has 12 heteroatoms. The molecule has 0 unspecified atom stereocenters. The number of hydrogen-bond donors (Lipinski definition) is 0. The van der Waals surface area contributed by atoms with Crippen LogP contribution in [0.25, 0.3) is 0 Å². The number of amides is 3. The summed E-state index contributed by atoms with van der Waals surface area (Å²) in [7, 11) is 0. The van der Waals surface area contributed by atoms with Crippen LogP contribution in [0.2, 0.25) is 0 Å². The Labute approximate surface area is 249 Å². The van der Waals surface area contributed by atoms with Crippen LogP contribution in [0.4, 0.5) is 26.3 Å². The molecule has 3 amide bonds. The summed E-state index contributed by atoms with van der Waals surface area (Å²) in [4.78, 5) is 43.7. The third kappa shape index (κ3) is 6.35. The minimum absolute atomic E-state index is 0.000501. The lowest BCUT2D eigenvalue weighted by Crippen LogP contribution is -2.57. The van der Waals surface area contributed by atoms with Crippen molar-refractivity contribution in [1.82, 2.24) is 14.7 Å². The van der Waals surface area contributed by atoms with Gasteiger partial charge in [0.2, 0.25) is 0 Å². The summed E-state index contributed by atoms with van der Waals surface area (Å²) < 4.78 is 81.2. The van der Waals surface area contributed by atoms with Crippen molar-refractivity contribution in [3.05, 3.63) is 105 Å². The van der Waals surface area contributed by atoms with Gasteiger partial charge in [-0.05, 0) is 67.3 Å². The molecular formula is C32H29F6N3O3. The first kappa shape index (κ1) is 31.2. The molecule has 5 rings (SSSR count). The Hall–Kier alpha value is -4.19. The summed E-state index contributed by atoms with van der Waals surface area (Å²) in [6.45, 7) is 4.70. The molecule has 0 aliphatic carbocycles. The Morgan fingerprint density at radius 2 is 1.36 bits per heavy atom. The second kappa shape index (κ2) is 11.7. The molecular weight excluding hydrogens is 588 g/mol. The standard InChI is InChI=1S/C32H29F6N3O3/c1-19-7-8-21(13-20(19)2)14-25-18-39(10-12-41-29(43)26-5-3-4-6-27(26)30(41)44)9-11-40(25)28(42)22-15-23(31(33,34)35)17-24(16-22)32(36,37)38/h3-8,13,15-17,25H,9-12,14,18H2,1-2H3/t25-/m1/s1. The number of carbonyl (C=O) groups is 3. The summed E-state index contributed by atoms with van der Waals surface area (Å²) in [6.07, 6.45) is -9.88. The lowest BCUT2D eigenvalue weighted by Gasteiger charge is -2.42. The Kier molecular flexibility index (Phi) is 8.32. The minimum Gasteiger partial charge on any atom is -0.333 e. The van der Waals surface area contributed by atoms with Gasteiger partial charge in [0.05, 0.1) is 22.3 Å². The fourth-order valence-corrected chi connectivity index (χ4v) is 5.70. The van der Waals surface area contributed by atoms with Crippen molar-refractivity contribution in [1.29, 1.82) is 0 Å². The van der Waals surface area contributed by atoms with Gasteiger partial charge in [0.1, 0.15) is 0 Å². The number of alkyl halides is 6. The van der Waals surface area contributed by atoms with Crippen LogP contribution in [0, 0.1) is 13.8 Å². The maximum atomic E-state index is 13.6. The van der Waals surface area contributed by atoms with Crippen molar-refractivity contribution in [2.45, 2.75) is 38.7 Å². The molecule has 0 spiro atoms. The molecule has 0 N–H and O–H groups in total. The van der Waals surface area contributed by atoms with E-state index in [-0.39, 0.29) is 38.8 Å². The van der Waals surface area contributed by atoms with Gasteiger partial charge in [-0.2, -0.15) is 26.3 Å². The average Bonchev–Trinajstić information content (AvgIpc) is 3.21. The molecule has 0 radical (unpaired) electrons. The first-order valence-corrected chi connectivity index (χ1v) is 14.0. The molecule has 3 aromatic carbocycles. The van der Waals surface area contributed by atoms with Crippen LogP contribution in [0.5, 0.6) is 0 Å². The van der Waals surface area contributed by atoms with E-state index in [1.807, 2.05) is 36.9 Å². The molecule has 2 heterocycles. The van der Waals surface area contributed by atoms with Gasteiger partial charge in [-0.3, -0.25) is 24.2 Å². The summed E-state index contributed by atoms with van der Waals surface area (Å²) in [6, 6.07) is 12.5. The number of carbonyl (C=O) groups excluding carboxylic acids is 3. The lowest BCUT2D eigenvalue weighted by molar-refractivity contribution is -0.143. The van der Waals surface area contributed by atoms with Gasteiger partial charge in [0.15, 0.2) is 0 Å². The highest BCUT2D eigenvalue weighted by Gasteiger charge is 2.40. The molecule has 0 saturated carbocycles. The molecule has 0 aromatic heterocycles. The van der Waals surface area contributed by atoms with E-state index in [0.717, 1.165) is 21.6 Å². The van der Waals surface area contributed by atoms with Gasteiger partial charge >= 0.3 is 12.4 Å². The zero-order valence-electron chi connectivity index (χ0n) is 23.9. The number of benzene rings is 3. The van der Waals surface area contributed by atoms with Gasteiger partial charge in [0, 0.05) is 44.3 Å². The number of rotatable bonds is 6. The van der Waals surface area contributed by atoms with E-state index in [0.29, 0.717) is 29.7 Å². The Bertz CT molecular complexity index is 1550. The van der Waals surface area contributed by atoms with E-state index in [4.69, 9.17) is 0 Å². The first-order chi connectivity index (χ1) is 20.6. The number of imide groups is 1. The fourth-order valence-electron chi connectivity index (χ4n) is 5.70. The smallest absolute Gasteiger partial charge is 0.333 e. The van der Waals surface area contributed by atoms with Gasteiger partial charge in [-0.15, -0.1) is 0 Å². The second-order valence-electron chi connectivity index (χ2n) is 11.2. The molecule has 1 atom stereocenters. The van der Waals surface area contributed by atoms with Crippen LogP contribution in [0.15, 0.2) is 60.7 Å². The molecule has 6 nitrogen and oxygen atoms in total. The zero-order valence-corrected chi connectivity index (χ0v) is 23.9. The largest absolute Gasteiger partial charge is 0.416 e. The molecule has 0 bridgehead atoms. The number of fused-ring (bicyclic) bond motifs is 1. The normalized spacial score (nSPS) is 17.8. The maximum absolute atomic E-state index is 13.6. The molecule has 2 aliphatic heterocycles. The van der Waals surface area contributed by atoms with Crippen LogP contribution in [0.3, 0.4) is 0 Å². The second-order valence-corrected chi connectivity index (χ2v) is 11.2. The number of hydrogen-bond acceptors (Lipinski definition) is 4. The Morgan fingerprint density at radius 1 is 0.773 bits per heavy atom. The van der Waals surface area contributed by atoms with Crippen LogP contribution in [0.1, 0.15) is 58.9 Å². The van der Waals surface area contributed by atoms with Crippen LogP contribution in [-0.2, 0) is 18.8 Å². The summed E-state index contributed by atoms with van der Waals surface area (Å²) in [5, 5.41) is 0. The van der Waals surface area contributed by atoms with Crippen LogP contribution >= 0.6 is 0 Å². The zero-order chi connectivity index (χ0) is 32.0. The predicted molar refractivity (Wildman–Crippen MR) is 149 cm³/mol. The van der Waals surface area contributed by atoms with Crippen molar-refractivity contribution in [2.75, 3.05) is 32.7 Å². The number of halogens is 6. The predicted octanol–water partition coefficient (Wildman–Crippen LogP) is 6.01. The molecule has 232 valence electrons. The minimum atomic E-state index is -5.09. The van der Waals surface area contributed by atoms with Crippen molar-refractivity contribution in [3.8, 4) is 0 Å². The molecule has 2 aliphatic rings. The topological polar surface area (TPSA) is 60.9 Å². The van der Waals surface area contributed by atoms with Crippen molar-refractivity contribution >= 4 is 17.7 Å². The first-order valence-electron chi connectivity index (χ1n) is 14.0. The van der Waals surface area contributed by atoms with Crippen LogP contribution < -0.4 is 0 Å². The van der Waals surface area contributed by atoms with E-state index in [1.54, 1.807) is 24.3 Å². The summed E-state index contributed by atoms with van der Waals surface area (Å²) in [5.41, 5.74) is -0.292. The van der Waals surface area contributed by atoms with E-state index in [2.05, 4.69) is 0 Å². The van der Waals surface area contributed by atoms with Gasteiger partial charge < -0.3 is 4.90 Å². The average molecular weight is 618 g/mol. The third-order valence-corrected chi connectivity index (χ3v) is 8.22. The van der Waals surface area contributed by atoms with E-state index < -0.39 is 52.8 Å². The third-order valence-electron chi connectivity index (χ3n) is 8.22. The number of aryl methyl sites for hydroxylation is 2. The van der Waals surface area contributed by atoms with Crippen molar-refractivity contribution in [3.63, 3.8) is 0 Å². The highest BCUT2D eigenvalue weighted by atomic mass is 19.4.